The third-order valence-electron chi connectivity index (χ3n) is 4.05. The van der Waals surface area contributed by atoms with E-state index in [2.05, 4.69) is 5.32 Å². The van der Waals surface area contributed by atoms with Crippen LogP contribution in [0.1, 0.15) is 24.3 Å². The highest BCUT2D eigenvalue weighted by Crippen LogP contribution is 2.49. The average molecular weight is 205 g/mol. The lowest BCUT2D eigenvalue weighted by molar-refractivity contribution is 0.0933. The molecule has 15 heavy (non-hydrogen) atoms. The van der Waals surface area contributed by atoms with Gasteiger partial charge < -0.3 is 5.32 Å². The number of halogens is 1. The number of rotatable bonds is 1. The third-order valence-corrected chi connectivity index (χ3v) is 4.05. The number of piperidine rings is 1. The van der Waals surface area contributed by atoms with Crippen molar-refractivity contribution in [3.63, 3.8) is 0 Å². The molecule has 0 bridgehead atoms. The predicted octanol–water partition coefficient (Wildman–Crippen LogP) is 2.54. The van der Waals surface area contributed by atoms with Gasteiger partial charge in [0.05, 0.1) is 0 Å². The Kier molecular flexibility index (Phi) is 2.24. The van der Waals surface area contributed by atoms with E-state index in [0.717, 1.165) is 18.4 Å². The van der Waals surface area contributed by atoms with Crippen molar-refractivity contribution in [1.29, 1.82) is 0 Å². The number of fused-ring (bicyclic) bond motifs is 1. The van der Waals surface area contributed by atoms with Gasteiger partial charge in [-0.3, -0.25) is 0 Å². The number of hydrogen-bond donors (Lipinski definition) is 1. The summed E-state index contributed by atoms with van der Waals surface area (Å²) in [6, 6.07) is 7.06. The Hall–Kier alpha value is -0.890. The van der Waals surface area contributed by atoms with Crippen LogP contribution in [0.4, 0.5) is 4.39 Å². The molecule has 3 atom stereocenters. The highest BCUT2D eigenvalue weighted by molar-refractivity contribution is 5.25. The van der Waals surface area contributed by atoms with Gasteiger partial charge in [-0.1, -0.05) is 12.1 Å². The van der Waals surface area contributed by atoms with Crippen LogP contribution < -0.4 is 5.32 Å². The second-order valence-corrected chi connectivity index (χ2v) is 4.81. The number of nitrogens with one attached hydrogen (secondary N) is 1. The van der Waals surface area contributed by atoms with E-state index in [1.54, 1.807) is 12.1 Å². The Labute approximate surface area is 89.7 Å². The van der Waals surface area contributed by atoms with Gasteiger partial charge in [0.2, 0.25) is 0 Å². The van der Waals surface area contributed by atoms with Crippen molar-refractivity contribution in [2.24, 2.45) is 11.8 Å². The van der Waals surface area contributed by atoms with E-state index < -0.39 is 0 Å². The molecule has 3 rings (SSSR count). The van der Waals surface area contributed by atoms with E-state index >= 15 is 0 Å². The van der Waals surface area contributed by atoms with Crippen molar-refractivity contribution in [1.82, 2.24) is 5.32 Å². The van der Waals surface area contributed by atoms with Gasteiger partial charge in [-0.05, 0) is 61.4 Å². The second-order valence-electron chi connectivity index (χ2n) is 4.81. The fourth-order valence-corrected chi connectivity index (χ4v) is 3.10. The van der Waals surface area contributed by atoms with Crippen LogP contribution in [0.3, 0.4) is 0 Å². The molecule has 1 aliphatic heterocycles. The van der Waals surface area contributed by atoms with E-state index in [1.807, 2.05) is 12.1 Å². The van der Waals surface area contributed by atoms with Gasteiger partial charge in [0.15, 0.2) is 0 Å². The normalized spacial score (nSPS) is 34.3. The zero-order valence-electron chi connectivity index (χ0n) is 8.75. The first-order chi connectivity index (χ1) is 7.34. The van der Waals surface area contributed by atoms with Crippen molar-refractivity contribution in [3.05, 3.63) is 35.6 Å². The highest BCUT2D eigenvalue weighted by atomic mass is 19.1. The van der Waals surface area contributed by atoms with Gasteiger partial charge in [0.25, 0.3) is 0 Å². The van der Waals surface area contributed by atoms with Gasteiger partial charge in [0.1, 0.15) is 5.82 Å². The summed E-state index contributed by atoms with van der Waals surface area (Å²) in [5.41, 5.74) is 1.32. The van der Waals surface area contributed by atoms with Gasteiger partial charge >= 0.3 is 0 Å². The molecule has 1 saturated carbocycles. The maximum Gasteiger partial charge on any atom is 0.123 e. The van der Waals surface area contributed by atoms with Crippen LogP contribution >= 0.6 is 0 Å². The maximum absolute atomic E-state index is 12.8. The Bertz CT molecular complexity index is 346. The fourth-order valence-electron chi connectivity index (χ4n) is 3.10. The minimum Gasteiger partial charge on any atom is -0.316 e. The third kappa shape index (κ3) is 1.57. The Morgan fingerprint density at radius 2 is 2.00 bits per heavy atom. The highest BCUT2D eigenvalue weighted by Gasteiger charge is 2.42. The molecule has 1 aliphatic carbocycles. The van der Waals surface area contributed by atoms with Crippen molar-refractivity contribution in [2.45, 2.75) is 18.8 Å². The first-order valence-corrected chi connectivity index (χ1v) is 5.81. The molecule has 0 amide bonds. The molecular formula is C13H16FN. The molecule has 80 valence electrons. The summed E-state index contributed by atoms with van der Waals surface area (Å²) >= 11 is 0. The van der Waals surface area contributed by atoms with Crippen molar-refractivity contribution >= 4 is 0 Å². The van der Waals surface area contributed by atoms with E-state index in [9.17, 15) is 4.39 Å². The second kappa shape index (κ2) is 3.60. The van der Waals surface area contributed by atoms with Crippen LogP contribution in [0.2, 0.25) is 0 Å². The fraction of sp³-hybridized carbons (Fsp3) is 0.538. The standard InChI is InChI=1S/C13H16FN/c14-11-3-1-9(2-4-11)12-7-10-5-6-15-8-13(10)12/h1-4,10,12-13,15H,5-8H2/t10-,12+,13-/m0/s1. The van der Waals surface area contributed by atoms with Crippen molar-refractivity contribution in [2.75, 3.05) is 13.1 Å². The van der Waals surface area contributed by atoms with Crippen LogP contribution in [0.15, 0.2) is 24.3 Å². The molecule has 1 N–H and O–H groups in total. The summed E-state index contributed by atoms with van der Waals surface area (Å²) < 4.78 is 12.8. The van der Waals surface area contributed by atoms with Crippen LogP contribution in [-0.4, -0.2) is 13.1 Å². The molecule has 0 aromatic heterocycles. The lowest BCUT2D eigenvalue weighted by Gasteiger charge is -2.48. The Balaban J connectivity index is 1.76. The molecule has 1 aromatic rings. The quantitative estimate of drug-likeness (QED) is 0.743. The monoisotopic (exact) mass is 205 g/mol. The topological polar surface area (TPSA) is 12.0 Å². The summed E-state index contributed by atoms with van der Waals surface area (Å²) in [5, 5.41) is 3.45. The minimum atomic E-state index is -0.128. The van der Waals surface area contributed by atoms with Gasteiger partial charge in [-0.25, -0.2) is 4.39 Å². The largest absolute Gasteiger partial charge is 0.316 e. The summed E-state index contributed by atoms with van der Waals surface area (Å²) in [6.45, 7) is 2.32. The van der Waals surface area contributed by atoms with Crippen LogP contribution in [0.25, 0.3) is 0 Å². The predicted molar refractivity (Wildman–Crippen MR) is 58.2 cm³/mol. The van der Waals surface area contributed by atoms with E-state index in [0.29, 0.717) is 5.92 Å². The lowest BCUT2D eigenvalue weighted by Crippen LogP contribution is -2.47. The molecule has 1 nitrogen and oxygen atoms in total. The zero-order valence-corrected chi connectivity index (χ0v) is 8.75. The van der Waals surface area contributed by atoms with E-state index in [-0.39, 0.29) is 5.82 Å². The molecule has 2 heteroatoms. The first kappa shape index (κ1) is 9.34. The molecule has 0 unspecified atom stereocenters. The summed E-state index contributed by atoms with van der Waals surface area (Å²) in [5.74, 6) is 2.25. The maximum atomic E-state index is 12.8. The molecule has 1 saturated heterocycles. The smallest absolute Gasteiger partial charge is 0.123 e. The average Bonchev–Trinajstić information content (AvgIpc) is 2.23. The van der Waals surface area contributed by atoms with Crippen LogP contribution in [-0.2, 0) is 0 Å². The molecule has 1 aromatic carbocycles. The lowest BCUT2D eigenvalue weighted by atomic mass is 9.60. The van der Waals surface area contributed by atoms with Crippen LogP contribution in [0.5, 0.6) is 0 Å². The van der Waals surface area contributed by atoms with Crippen molar-refractivity contribution in [3.8, 4) is 0 Å². The Morgan fingerprint density at radius 3 is 2.73 bits per heavy atom. The van der Waals surface area contributed by atoms with Gasteiger partial charge in [-0.15, -0.1) is 0 Å². The Morgan fingerprint density at radius 1 is 1.20 bits per heavy atom. The van der Waals surface area contributed by atoms with Gasteiger partial charge in [-0.2, -0.15) is 0 Å². The van der Waals surface area contributed by atoms with E-state index in [1.165, 1.54) is 24.9 Å². The number of hydrogen-bond acceptors (Lipinski definition) is 1. The summed E-state index contributed by atoms with van der Waals surface area (Å²) in [7, 11) is 0. The summed E-state index contributed by atoms with van der Waals surface area (Å²) in [6.07, 6.45) is 2.63. The molecular weight excluding hydrogens is 189 g/mol. The molecule has 0 radical (unpaired) electrons. The van der Waals surface area contributed by atoms with Crippen LogP contribution in [0, 0.1) is 17.7 Å². The zero-order chi connectivity index (χ0) is 10.3. The first-order valence-electron chi connectivity index (χ1n) is 5.81. The minimum absolute atomic E-state index is 0.128. The summed E-state index contributed by atoms with van der Waals surface area (Å²) in [4.78, 5) is 0. The van der Waals surface area contributed by atoms with Crippen molar-refractivity contribution < 1.29 is 4.39 Å². The molecule has 2 fully saturated rings. The molecule has 2 aliphatic rings. The molecule has 1 heterocycles. The molecule has 0 spiro atoms. The SMILES string of the molecule is Fc1ccc([C@H]2C[C@@H]3CCNC[C@@H]32)cc1. The van der Waals surface area contributed by atoms with Gasteiger partial charge in [0, 0.05) is 0 Å². The van der Waals surface area contributed by atoms with E-state index in [4.69, 9.17) is 0 Å². The number of benzene rings is 1.